The first kappa shape index (κ1) is 17.0. The number of hydrogen-bond donors (Lipinski definition) is 0. The van der Waals surface area contributed by atoms with Crippen LogP contribution in [0.2, 0.25) is 0 Å². The lowest BCUT2D eigenvalue weighted by Crippen LogP contribution is -2.46. The minimum absolute atomic E-state index is 0.406. The van der Waals surface area contributed by atoms with Gasteiger partial charge in [-0.3, -0.25) is 14.3 Å². The third-order valence-corrected chi connectivity index (χ3v) is 4.93. The predicted octanol–water partition coefficient (Wildman–Crippen LogP) is 1.77. The van der Waals surface area contributed by atoms with Crippen LogP contribution in [0, 0.1) is 6.92 Å². The lowest BCUT2D eigenvalue weighted by molar-refractivity contribution is 0.245. The summed E-state index contributed by atoms with van der Waals surface area (Å²) in [5.41, 5.74) is 2.04. The Kier molecular flexibility index (Phi) is 4.36. The quantitative estimate of drug-likeness (QED) is 0.711. The van der Waals surface area contributed by atoms with Crippen molar-refractivity contribution in [3.63, 3.8) is 0 Å². The van der Waals surface area contributed by atoms with E-state index in [1.807, 2.05) is 29.5 Å². The van der Waals surface area contributed by atoms with Crippen molar-refractivity contribution in [2.24, 2.45) is 7.05 Å². The zero-order valence-electron chi connectivity index (χ0n) is 15.9. The Morgan fingerprint density at radius 1 is 1.12 bits per heavy atom. The van der Waals surface area contributed by atoms with Gasteiger partial charge in [-0.1, -0.05) is 0 Å². The fourth-order valence-electron chi connectivity index (χ4n) is 3.45. The largest absolute Gasteiger partial charge is 0.353 e. The van der Waals surface area contributed by atoms with E-state index < -0.39 is 0 Å². The number of anilines is 1. The van der Waals surface area contributed by atoms with Gasteiger partial charge in [0.2, 0.25) is 0 Å². The predicted molar refractivity (Wildman–Crippen MR) is 101 cm³/mol. The molecule has 0 N–H and O–H groups in total. The monoisotopic (exact) mass is 354 g/mol. The van der Waals surface area contributed by atoms with E-state index >= 15 is 0 Å². The molecule has 0 bridgehead atoms. The van der Waals surface area contributed by atoms with E-state index in [-0.39, 0.29) is 0 Å². The molecular formula is C18H26N8. The van der Waals surface area contributed by atoms with Crippen LogP contribution < -0.4 is 4.90 Å². The van der Waals surface area contributed by atoms with Gasteiger partial charge in [0, 0.05) is 52.0 Å². The van der Waals surface area contributed by atoms with E-state index in [1.54, 1.807) is 0 Å². The first-order chi connectivity index (χ1) is 12.5. The molecule has 0 aliphatic carbocycles. The Morgan fingerprint density at radius 2 is 1.88 bits per heavy atom. The normalized spacial score (nSPS) is 16.1. The highest BCUT2D eigenvalue weighted by molar-refractivity contribution is 5.87. The second kappa shape index (κ2) is 6.68. The number of rotatable bonds is 4. The highest BCUT2D eigenvalue weighted by Gasteiger charge is 2.22. The third-order valence-electron chi connectivity index (χ3n) is 4.93. The first-order valence-corrected chi connectivity index (χ1v) is 9.19. The molecule has 138 valence electrons. The van der Waals surface area contributed by atoms with Crippen molar-refractivity contribution in [3.8, 4) is 0 Å². The minimum atomic E-state index is 0.406. The first-order valence-electron chi connectivity index (χ1n) is 9.19. The molecule has 0 saturated carbocycles. The van der Waals surface area contributed by atoms with Crippen LogP contribution >= 0.6 is 0 Å². The molecule has 0 spiro atoms. The van der Waals surface area contributed by atoms with Gasteiger partial charge in [-0.2, -0.15) is 10.2 Å². The average Bonchev–Trinajstić information content (AvgIpc) is 3.23. The number of nitrogens with zero attached hydrogens (tertiary/aromatic N) is 8. The number of piperazine rings is 1. The van der Waals surface area contributed by atoms with Gasteiger partial charge in [-0.05, 0) is 26.8 Å². The maximum atomic E-state index is 4.70. The molecule has 8 nitrogen and oxygen atoms in total. The standard InChI is InChI=1S/C18H26N8/c1-13(2)26-6-5-15(22-26)12-24-7-9-25(10-8-24)18-16-11-19-23(4)17(16)20-14(3)21-18/h5-6,11,13H,7-10,12H2,1-4H3. The SMILES string of the molecule is Cc1nc(N2CCN(Cc3ccn(C(C)C)n3)CC2)c2cnn(C)c2n1. The molecule has 0 amide bonds. The van der Waals surface area contributed by atoms with E-state index in [2.05, 4.69) is 51.1 Å². The van der Waals surface area contributed by atoms with E-state index in [0.717, 1.165) is 61.1 Å². The smallest absolute Gasteiger partial charge is 0.163 e. The third kappa shape index (κ3) is 3.16. The summed E-state index contributed by atoms with van der Waals surface area (Å²) in [6.45, 7) is 11.0. The van der Waals surface area contributed by atoms with Crippen LogP contribution in [-0.4, -0.2) is 60.6 Å². The van der Waals surface area contributed by atoms with Gasteiger partial charge in [0.25, 0.3) is 0 Å². The Morgan fingerprint density at radius 3 is 2.58 bits per heavy atom. The number of aryl methyl sites for hydroxylation is 2. The molecule has 0 radical (unpaired) electrons. The number of fused-ring (bicyclic) bond motifs is 1. The topological polar surface area (TPSA) is 67.9 Å². The summed E-state index contributed by atoms with van der Waals surface area (Å²) >= 11 is 0. The molecule has 1 aliphatic rings. The Bertz CT molecular complexity index is 901. The molecular weight excluding hydrogens is 328 g/mol. The van der Waals surface area contributed by atoms with Crippen LogP contribution in [0.3, 0.4) is 0 Å². The Hall–Kier alpha value is -2.48. The van der Waals surface area contributed by atoms with E-state index in [9.17, 15) is 0 Å². The molecule has 8 heteroatoms. The molecule has 4 rings (SSSR count). The summed E-state index contributed by atoms with van der Waals surface area (Å²) in [7, 11) is 1.92. The lowest BCUT2D eigenvalue weighted by Gasteiger charge is -2.35. The van der Waals surface area contributed by atoms with Crippen molar-refractivity contribution in [1.29, 1.82) is 0 Å². The van der Waals surface area contributed by atoms with Crippen LogP contribution in [-0.2, 0) is 13.6 Å². The summed E-state index contributed by atoms with van der Waals surface area (Å²) in [5.74, 6) is 1.79. The molecule has 0 atom stereocenters. The van der Waals surface area contributed by atoms with E-state index in [0.29, 0.717) is 6.04 Å². The van der Waals surface area contributed by atoms with Crippen LogP contribution in [0.15, 0.2) is 18.5 Å². The highest BCUT2D eigenvalue weighted by Crippen LogP contribution is 2.24. The van der Waals surface area contributed by atoms with Gasteiger partial charge in [-0.25, -0.2) is 9.97 Å². The van der Waals surface area contributed by atoms with E-state index in [4.69, 9.17) is 4.98 Å². The second-order valence-corrected chi connectivity index (χ2v) is 7.24. The highest BCUT2D eigenvalue weighted by atomic mass is 15.3. The Labute approximate surface area is 153 Å². The van der Waals surface area contributed by atoms with Crippen molar-refractivity contribution in [2.75, 3.05) is 31.1 Å². The maximum absolute atomic E-state index is 4.70. The van der Waals surface area contributed by atoms with Gasteiger partial charge in [0.15, 0.2) is 5.65 Å². The number of aromatic nitrogens is 6. The maximum Gasteiger partial charge on any atom is 0.163 e. The molecule has 3 aromatic rings. The lowest BCUT2D eigenvalue weighted by atomic mass is 10.2. The van der Waals surface area contributed by atoms with Crippen molar-refractivity contribution in [1.82, 2.24) is 34.4 Å². The van der Waals surface area contributed by atoms with Crippen LogP contribution in [0.1, 0.15) is 31.4 Å². The minimum Gasteiger partial charge on any atom is -0.353 e. The Balaban J connectivity index is 1.45. The number of hydrogen-bond acceptors (Lipinski definition) is 6. The van der Waals surface area contributed by atoms with Gasteiger partial charge in [0.05, 0.1) is 17.3 Å². The van der Waals surface area contributed by atoms with Gasteiger partial charge in [0.1, 0.15) is 11.6 Å². The molecule has 4 heterocycles. The van der Waals surface area contributed by atoms with Gasteiger partial charge in [-0.15, -0.1) is 0 Å². The fraction of sp³-hybridized carbons (Fsp3) is 0.556. The summed E-state index contributed by atoms with van der Waals surface area (Å²) in [6.07, 6.45) is 3.94. The fourth-order valence-corrected chi connectivity index (χ4v) is 3.45. The molecule has 1 saturated heterocycles. The van der Waals surface area contributed by atoms with Crippen LogP contribution in [0.5, 0.6) is 0 Å². The zero-order valence-corrected chi connectivity index (χ0v) is 15.9. The van der Waals surface area contributed by atoms with Crippen molar-refractivity contribution < 1.29 is 0 Å². The van der Waals surface area contributed by atoms with E-state index in [1.165, 1.54) is 0 Å². The molecule has 1 fully saturated rings. The molecule has 0 aromatic carbocycles. The van der Waals surface area contributed by atoms with Crippen molar-refractivity contribution >= 4 is 16.9 Å². The van der Waals surface area contributed by atoms with Crippen molar-refractivity contribution in [2.45, 2.75) is 33.4 Å². The molecule has 26 heavy (non-hydrogen) atoms. The summed E-state index contributed by atoms with van der Waals surface area (Å²) < 4.78 is 3.84. The average molecular weight is 354 g/mol. The van der Waals surface area contributed by atoms with Gasteiger partial charge < -0.3 is 4.90 Å². The van der Waals surface area contributed by atoms with Crippen LogP contribution in [0.4, 0.5) is 5.82 Å². The summed E-state index contributed by atoms with van der Waals surface area (Å²) in [5, 5.41) is 10.0. The molecule has 1 aliphatic heterocycles. The van der Waals surface area contributed by atoms with Gasteiger partial charge >= 0.3 is 0 Å². The summed E-state index contributed by atoms with van der Waals surface area (Å²) in [6, 6.07) is 2.53. The van der Waals surface area contributed by atoms with Crippen molar-refractivity contribution in [3.05, 3.63) is 30.0 Å². The second-order valence-electron chi connectivity index (χ2n) is 7.24. The molecule has 0 unspecified atom stereocenters. The summed E-state index contributed by atoms with van der Waals surface area (Å²) in [4.78, 5) is 14.0. The van der Waals surface area contributed by atoms with Crippen LogP contribution in [0.25, 0.3) is 11.0 Å². The zero-order chi connectivity index (χ0) is 18.3. The molecule has 3 aromatic heterocycles.